The largest absolute Gasteiger partial charge is 0.611 e. The van der Waals surface area contributed by atoms with Gasteiger partial charge in [-0.1, -0.05) is 42.5 Å². The Balaban J connectivity index is 1.79. The zero-order valence-corrected chi connectivity index (χ0v) is 18.9. The average Bonchev–Trinajstić information content (AvgIpc) is 2.83. The highest BCUT2D eigenvalue weighted by molar-refractivity contribution is 7.90. The fourth-order valence-corrected chi connectivity index (χ4v) is 4.48. The monoisotopic (exact) mass is 451 g/mol. The van der Waals surface area contributed by atoms with Crippen LogP contribution in [0.2, 0.25) is 0 Å². The smallest absolute Gasteiger partial charge is 0.238 e. The lowest BCUT2D eigenvalue weighted by Crippen LogP contribution is -2.19. The van der Waals surface area contributed by atoms with Gasteiger partial charge in [0.1, 0.15) is 5.75 Å². The van der Waals surface area contributed by atoms with Crippen LogP contribution in [0.4, 0.5) is 0 Å². The van der Waals surface area contributed by atoms with Crippen LogP contribution in [-0.4, -0.2) is 41.4 Å². The van der Waals surface area contributed by atoms with Gasteiger partial charge in [-0.15, -0.1) is 0 Å². The normalized spacial score (nSPS) is 11.7. The molecule has 1 unspecified atom stereocenters. The molecule has 0 bridgehead atoms. The number of carbonyl (C=O) groups is 2. The summed E-state index contributed by atoms with van der Waals surface area (Å²) in [6.07, 6.45) is 2.37. The van der Waals surface area contributed by atoms with Gasteiger partial charge in [0.2, 0.25) is 11.6 Å². The standard InChI is InChI=1S/C25H25NO5S/c1-18-21(26-14-13-22(18)31-16-8-15-30-2)17-32(29)23-12-7-6-11-20(23)25(28)24(27)19-9-4-3-5-10-19/h3-7,9-14H,8,15-17H2,1-2H3. The van der Waals surface area contributed by atoms with Crippen LogP contribution in [0.5, 0.6) is 5.75 Å². The fourth-order valence-electron chi connectivity index (χ4n) is 3.14. The van der Waals surface area contributed by atoms with Crippen molar-refractivity contribution in [2.24, 2.45) is 0 Å². The van der Waals surface area contributed by atoms with Crippen LogP contribution in [0.1, 0.15) is 38.4 Å². The Morgan fingerprint density at radius 1 is 0.969 bits per heavy atom. The maximum atomic E-state index is 13.2. The van der Waals surface area contributed by atoms with Crippen LogP contribution in [-0.2, 0) is 21.7 Å². The second-order valence-electron chi connectivity index (χ2n) is 7.09. The Hall–Kier alpha value is -3.00. The van der Waals surface area contributed by atoms with Gasteiger partial charge in [-0.2, -0.15) is 0 Å². The number of ketones is 2. The molecule has 1 atom stereocenters. The highest BCUT2D eigenvalue weighted by Gasteiger charge is 2.27. The number of ether oxygens (including phenoxy) is 2. The number of nitrogens with zero attached hydrogens (tertiary/aromatic N) is 1. The van der Waals surface area contributed by atoms with Crippen LogP contribution >= 0.6 is 0 Å². The number of rotatable bonds is 11. The van der Waals surface area contributed by atoms with E-state index in [2.05, 4.69) is 4.98 Å². The molecular formula is C25H25NO5S. The Morgan fingerprint density at radius 3 is 2.44 bits per heavy atom. The van der Waals surface area contributed by atoms with Gasteiger partial charge in [-0.25, -0.2) is 0 Å². The lowest BCUT2D eigenvalue weighted by molar-refractivity contribution is 0.0815. The first-order valence-electron chi connectivity index (χ1n) is 10.2. The topological polar surface area (TPSA) is 88.5 Å². The molecule has 0 aliphatic heterocycles. The molecule has 0 fully saturated rings. The van der Waals surface area contributed by atoms with E-state index < -0.39 is 22.7 Å². The number of methoxy groups -OCH3 is 1. The van der Waals surface area contributed by atoms with Crippen molar-refractivity contribution >= 4 is 22.7 Å². The van der Waals surface area contributed by atoms with Crippen molar-refractivity contribution in [3.05, 3.63) is 89.2 Å². The number of Topliss-reactive ketones (excluding diaryl/α,β-unsaturated/α-hetero) is 2. The first-order valence-corrected chi connectivity index (χ1v) is 11.5. The summed E-state index contributed by atoms with van der Waals surface area (Å²) in [6.45, 7) is 2.97. The van der Waals surface area contributed by atoms with Crippen LogP contribution in [0.15, 0.2) is 71.8 Å². The molecule has 0 radical (unpaired) electrons. The minimum Gasteiger partial charge on any atom is -0.611 e. The third-order valence-corrected chi connectivity index (χ3v) is 6.28. The van der Waals surface area contributed by atoms with Crippen LogP contribution in [0.25, 0.3) is 0 Å². The summed E-state index contributed by atoms with van der Waals surface area (Å²) in [5.74, 6) is -0.534. The molecule has 3 aromatic rings. The van der Waals surface area contributed by atoms with E-state index in [0.717, 1.165) is 12.0 Å². The molecule has 6 nitrogen and oxygen atoms in total. The SMILES string of the molecule is COCCCOc1ccnc(C[S+]([O-])c2ccccc2C(=O)C(=O)c2ccccc2)c1C. The van der Waals surface area contributed by atoms with Gasteiger partial charge in [-0.05, 0) is 36.3 Å². The molecule has 0 aliphatic carbocycles. The Labute approximate surface area is 190 Å². The highest BCUT2D eigenvalue weighted by atomic mass is 32.2. The summed E-state index contributed by atoms with van der Waals surface area (Å²) in [7, 11) is 1.64. The highest BCUT2D eigenvalue weighted by Crippen LogP contribution is 2.26. The third-order valence-electron chi connectivity index (χ3n) is 4.90. The lowest BCUT2D eigenvalue weighted by atomic mass is 10.0. The number of pyridine rings is 1. The fraction of sp³-hybridized carbons (Fsp3) is 0.240. The minimum absolute atomic E-state index is 0.102. The predicted octanol–water partition coefficient (Wildman–Crippen LogP) is 4.18. The van der Waals surface area contributed by atoms with Gasteiger partial charge in [0, 0.05) is 37.5 Å². The summed E-state index contributed by atoms with van der Waals surface area (Å²) in [4.78, 5) is 30.2. The number of hydrogen-bond donors (Lipinski definition) is 0. The van der Waals surface area contributed by atoms with Gasteiger partial charge in [0.05, 0.1) is 17.9 Å². The molecule has 1 heterocycles. The summed E-state index contributed by atoms with van der Waals surface area (Å²) in [5, 5.41) is 0. The molecule has 0 aliphatic rings. The number of aromatic nitrogens is 1. The van der Waals surface area contributed by atoms with E-state index in [9.17, 15) is 14.1 Å². The van der Waals surface area contributed by atoms with Crippen molar-refractivity contribution in [1.29, 1.82) is 0 Å². The van der Waals surface area contributed by atoms with Crippen molar-refractivity contribution in [3.63, 3.8) is 0 Å². The van der Waals surface area contributed by atoms with E-state index in [1.807, 2.05) is 6.92 Å². The molecule has 166 valence electrons. The molecule has 32 heavy (non-hydrogen) atoms. The molecule has 0 amide bonds. The van der Waals surface area contributed by atoms with Crippen molar-refractivity contribution in [2.75, 3.05) is 20.3 Å². The van der Waals surface area contributed by atoms with Crippen molar-refractivity contribution < 1.29 is 23.6 Å². The molecule has 3 rings (SSSR count). The van der Waals surface area contributed by atoms with Gasteiger partial charge >= 0.3 is 0 Å². The quantitative estimate of drug-likeness (QED) is 0.188. The van der Waals surface area contributed by atoms with E-state index in [1.165, 1.54) is 6.07 Å². The maximum Gasteiger partial charge on any atom is 0.238 e. The molecule has 0 saturated carbocycles. The maximum absolute atomic E-state index is 13.2. The molecular weight excluding hydrogens is 426 g/mol. The average molecular weight is 452 g/mol. The molecule has 2 aromatic carbocycles. The minimum atomic E-state index is -1.58. The van der Waals surface area contributed by atoms with E-state index in [-0.39, 0.29) is 11.3 Å². The van der Waals surface area contributed by atoms with E-state index in [4.69, 9.17) is 9.47 Å². The Morgan fingerprint density at radius 2 is 1.69 bits per heavy atom. The molecule has 7 heteroatoms. The van der Waals surface area contributed by atoms with Gasteiger partial charge in [0.15, 0.2) is 10.6 Å². The van der Waals surface area contributed by atoms with Crippen LogP contribution < -0.4 is 4.74 Å². The second-order valence-corrected chi connectivity index (χ2v) is 8.51. The second kappa shape index (κ2) is 11.6. The van der Waals surface area contributed by atoms with Crippen molar-refractivity contribution in [1.82, 2.24) is 4.98 Å². The predicted molar refractivity (Wildman–Crippen MR) is 123 cm³/mol. The number of hydrogen-bond acceptors (Lipinski definition) is 6. The molecule has 0 spiro atoms. The zero-order valence-electron chi connectivity index (χ0n) is 18.1. The van der Waals surface area contributed by atoms with Gasteiger partial charge in [-0.3, -0.25) is 14.6 Å². The van der Waals surface area contributed by atoms with Gasteiger partial charge in [0.25, 0.3) is 0 Å². The first kappa shape index (κ1) is 23.7. The first-order chi connectivity index (χ1) is 15.5. The number of carbonyl (C=O) groups excluding carboxylic acids is 2. The van der Waals surface area contributed by atoms with E-state index in [1.54, 1.807) is 67.9 Å². The summed E-state index contributed by atoms with van der Waals surface area (Å²) >= 11 is -1.58. The summed E-state index contributed by atoms with van der Waals surface area (Å²) in [5.41, 5.74) is 1.85. The zero-order chi connectivity index (χ0) is 22.9. The molecule has 0 saturated heterocycles. The summed E-state index contributed by atoms with van der Waals surface area (Å²) < 4.78 is 24.0. The number of benzene rings is 2. The Kier molecular flexibility index (Phi) is 8.56. The van der Waals surface area contributed by atoms with Crippen LogP contribution in [0.3, 0.4) is 0 Å². The lowest BCUT2D eigenvalue weighted by Gasteiger charge is -2.16. The van der Waals surface area contributed by atoms with E-state index in [0.29, 0.717) is 35.1 Å². The van der Waals surface area contributed by atoms with Crippen LogP contribution in [0, 0.1) is 6.92 Å². The van der Waals surface area contributed by atoms with Crippen molar-refractivity contribution in [3.8, 4) is 5.75 Å². The van der Waals surface area contributed by atoms with Crippen molar-refractivity contribution in [2.45, 2.75) is 24.0 Å². The third kappa shape index (κ3) is 5.82. The van der Waals surface area contributed by atoms with Gasteiger partial charge < -0.3 is 14.0 Å². The molecule has 1 aromatic heterocycles. The molecule has 0 N–H and O–H groups in total. The summed E-state index contributed by atoms with van der Waals surface area (Å²) in [6, 6.07) is 16.6. The van der Waals surface area contributed by atoms with E-state index >= 15 is 0 Å². The Bertz CT molecular complexity index is 1070.